The molecule has 1 aliphatic rings. The smallest absolute Gasteiger partial charge is 0.255 e. The first-order valence-electron chi connectivity index (χ1n) is 9.05. The van der Waals surface area contributed by atoms with Gasteiger partial charge in [0.2, 0.25) is 5.91 Å². The first-order valence-corrected chi connectivity index (χ1v) is 9.80. The Morgan fingerprint density at radius 3 is 2.38 bits per heavy atom. The lowest BCUT2D eigenvalue weighted by Crippen LogP contribution is -2.49. The minimum atomic E-state index is -0.586. The van der Waals surface area contributed by atoms with Gasteiger partial charge in [-0.3, -0.25) is 14.5 Å². The lowest BCUT2D eigenvalue weighted by molar-refractivity contribution is -0.116. The Morgan fingerprint density at radius 2 is 1.72 bits per heavy atom. The van der Waals surface area contributed by atoms with Crippen LogP contribution in [0.2, 0.25) is 10.0 Å². The standard InChI is InChI=1S/C20H19Cl2F2N3O2/c21-13-1-4-18(17(24)11-13)25-19(28)5-6-26-7-9-27(10-8-26)20(29)15-3-2-14(23)12-16(15)22/h1-4,11-12H,5-10H2,(H,25,28). The molecule has 3 rings (SSSR count). The number of piperazine rings is 1. The summed E-state index contributed by atoms with van der Waals surface area (Å²) < 4.78 is 26.9. The quantitative estimate of drug-likeness (QED) is 0.760. The van der Waals surface area contributed by atoms with E-state index < -0.39 is 11.6 Å². The maximum atomic E-state index is 13.7. The number of benzene rings is 2. The molecule has 9 heteroatoms. The maximum Gasteiger partial charge on any atom is 0.255 e. The summed E-state index contributed by atoms with van der Waals surface area (Å²) in [7, 11) is 0. The molecule has 154 valence electrons. The fourth-order valence-corrected chi connectivity index (χ4v) is 3.48. The Morgan fingerprint density at radius 1 is 1.00 bits per heavy atom. The molecule has 1 heterocycles. The molecule has 2 aromatic carbocycles. The van der Waals surface area contributed by atoms with Gasteiger partial charge >= 0.3 is 0 Å². The minimum Gasteiger partial charge on any atom is -0.336 e. The summed E-state index contributed by atoms with van der Waals surface area (Å²) in [6.45, 7) is 2.61. The molecule has 0 spiro atoms. The van der Waals surface area contributed by atoms with Gasteiger partial charge in [-0.1, -0.05) is 23.2 Å². The lowest BCUT2D eigenvalue weighted by Gasteiger charge is -2.34. The summed E-state index contributed by atoms with van der Waals surface area (Å²) in [5, 5.41) is 2.87. The largest absolute Gasteiger partial charge is 0.336 e. The number of halogens is 4. The minimum absolute atomic E-state index is 0.0866. The van der Waals surface area contributed by atoms with Gasteiger partial charge in [0.15, 0.2) is 0 Å². The van der Waals surface area contributed by atoms with Crippen LogP contribution in [-0.4, -0.2) is 54.3 Å². The Bertz CT molecular complexity index is 919. The highest BCUT2D eigenvalue weighted by Gasteiger charge is 2.24. The second-order valence-electron chi connectivity index (χ2n) is 6.68. The van der Waals surface area contributed by atoms with E-state index in [1.807, 2.05) is 4.90 Å². The number of hydrogen-bond acceptors (Lipinski definition) is 3. The third kappa shape index (κ3) is 5.65. The molecule has 0 aromatic heterocycles. The van der Waals surface area contributed by atoms with Crippen LogP contribution < -0.4 is 5.32 Å². The molecule has 0 aliphatic carbocycles. The van der Waals surface area contributed by atoms with Crippen LogP contribution in [0.4, 0.5) is 14.5 Å². The average molecular weight is 442 g/mol. The van der Waals surface area contributed by atoms with Gasteiger partial charge in [0.25, 0.3) is 5.91 Å². The van der Waals surface area contributed by atoms with E-state index >= 15 is 0 Å². The fraction of sp³-hybridized carbons (Fsp3) is 0.300. The highest BCUT2D eigenvalue weighted by atomic mass is 35.5. The molecule has 29 heavy (non-hydrogen) atoms. The van der Waals surface area contributed by atoms with Crippen LogP contribution in [0.25, 0.3) is 0 Å². The molecular formula is C20H19Cl2F2N3O2. The van der Waals surface area contributed by atoms with E-state index in [1.54, 1.807) is 4.90 Å². The lowest BCUT2D eigenvalue weighted by atomic mass is 10.1. The summed E-state index contributed by atoms with van der Waals surface area (Å²) in [6.07, 6.45) is 0.194. The van der Waals surface area contributed by atoms with Crippen molar-refractivity contribution in [2.75, 3.05) is 38.0 Å². The number of nitrogens with one attached hydrogen (secondary N) is 1. The number of rotatable bonds is 5. The molecule has 0 atom stereocenters. The van der Waals surface area contributed by atoms with E-state index in [0.717, 1.165) is 12.1 Å². The zero-order valence-electron chi connectivity index (χ0n) is 15.4. The third-order valence-corrected chi connectivity index (χ3v) is 5.23. The Labute approximate surface area is 177 Å². The zero-order chi connectivity index (χ0) is 21.0. The van der Waals surface area contributed by atoms with E-state index in [0.29, 0.717) is 32.7 Å². The van der Waals surface area contributed by atoms with Crippen LogP contribution in [0.15, 0.2) is 36.4 Å². The van der Waals surface area contributed by atoms with Crippen LogP contribution in [0.1, 0.15) is 16.8 Å². The van der Waals surface area contributed by atoms with Crippen molar-refractivity contribution in [2.45, 2.75) is 6.42 Å². The summed E-state index contributed by atoms with van der Waals surface area (Å²) in [4.78, 5) is 28.3. The summed E-state index contributed by atoms with van der Waals surface area (Å²) in [5.74, 6) is -1.63. The van der Waals surface area contributed by atoms with Crippen LogP contribution >= 0.6 is 23.2 Å². The van der Waals surface area contributed by atoms with E-state index in [1.165, 1.54) is 24.3 Å². The number of carbonyl (C=O) groups is 2. The maximum absolute atomic E-state index is 13.7. The normalized spacial score (nSPS) is 14.7. The van der Waals surface area contributed by atoms with Crippen molar-refractivity contribution in [1.29, 1.82) is 0 Å². The number of amides is 2. The SMILES string of the molecule is O=C(CCN1CCN(C(=O)c2ccc(F)cc2Cl)CC1)Nc1ccc(Cl)cc1F. The predicted molar refractivity (Wildman–Crippen MR) is 108 cm³/mol. The number of carbonyl (C=O) groups excluding carboxylic acids is 2. The molecule has 1 N–H and O–H groups in total. The van der Waals surface area contributed by atoms with Crippen LogP contribution in [0, 0.1) is 11.6 Å². The van der Waals surface area contributed by atoms with Crippen LogP contribution in [0.3, 0.4) is 0 Å². The molecule has 0 saturated carbocycles. The van der Waals surface area contributed by atoms with Gasteiger partial charge in [-0.15, -0.1) is 0 Å². The van der Waals surface area contributed by atoms with E-state index in [4.69, 9.17) is 23.2 Å². The van der Waals surface area contributed by atoms with Crippen LogP contribution in [0.5, 0.6) is 0 Å². The number of anilines is 1. The second-order valence-corrected chi connectivity index (χ2v) is 7.52. The zero-order valence-corrected chi connectivity index (χ0v) is 16.9. The highest BCUT2D eigenvalue weighted by Crippen LogP contribution is 2.21. The van der Waals surface area contributed by atoms with Crippen molar-refractivity contribution in [1.82, 2.24) is 9.80 Å². The molecule has 1 saturated heterocycles. The third-order valence-electron chi connectivity index (χ3n) is 4.68. The highest BCUT2D eigenvalue weighted by molar-refractivity contribution is 6.33. The molecule has 0 bridgehead atoms. The average Bonchev–Trinajstić information content (AvgIpc) is 2.68. The van der Waals surface area contributed by atoms with Gasteiger partial charge < -0.3 is 10.2 Å². The van der Waals surface area contributed by atoms with Gasteiger partial charge in [-0.2, -0.15) is 0 Å². The fourth-order valence-electron chi connectivity index (χ4n) is 3.07. The van der Waals surface area contributed by atoms with Crippen molar-refractivity contribution >= 4 is 40.7 Å². The molecule has 1 aliphatic heterocycles. The monoisotopic (exact) mass is 441 g/mol. The Kier molecular flexibility index (Phi) is 7.05. The molecular weight excluding hydrogens is 423 g/mol. The molecule has 0 unspecified atom stereocenters. The van der Waals surface area contributed by atoms with Gasteiger partial charge in [-0.05, 0) is 36.4 Å². The number of hydrogen-bond donors (Lipinski definition) is 1. The van der Waals surface area contributed by atoms with Gasteiger partial charge in [0.05, 0.1) is 16.3 Å². The topological polar surface area (TPSA) is 52.7 Å². The first kappa shape index (κ1) is 21.5. The van der Waals surface area contributed by atoms with Crippen molar-refractivity contribution in [2.24, 2.45) is 0 Å². The van der Waals surface area contributed by atoms with Crippen molar-refractivity contribution in [3.8, 4) is 0 Å². The predicted octanol–water partition coefficient (Wildman–Crippen LogP) is 4.06. The van der Waals surface area contributed by atoms with Crippen molar-refractivity contribution in [3.63, 3.8) is 0 Å². The van der Waals surface area contributed by atoms with E-state index in [9.17, 15) is 18.4 Å². The van der Waals surface area contributed by atoms with Crippen molar-refractivity contribution in [3.05, 3.63) is 63.6 Å². The molecule has 2 aromatic rings. The first-order chi connectivity index (χ1) is 13.8. The Balaban J connectivity index is 1.46. The molecule has 1 fully saturated rings. The van der Waals surface area contributed by atoms with Crippen LogP contribution in [-0.2, 0) is 4.79 Å². The summed E-state index contributed by atoms with van der Waals surface area (Å²) in [6, 6.07) is 7.77. The van der Waals surface area contributed by atoms with Gasteiger partial charge in [0.1, 0.15) is 11.6 Å². The van der Waals surface area contributed by atoms with Gasteiger partial charge in [0, 0.05) is 44.2 Å². The second kappa shape index (κ2) is 9.52. The number of nitrogens with zero attached hydrogens (tertiary/aromatic N) is 2. The Hall–Kier alpha value is -2.22. The molecule has 5 nitrogen and oxygen atoms in total. The van der Waals surface area contributed by atoms with Gasteiger partial charge in [-0.25, -0.2) is 8.78 Å². The molecule has 2 amide bonds. The van der Waals surface area contributed by atoms with E-state index in [-0.39, 0.29) is 39.5 Å². The summed E-state index contributed by atoms with van der Waals surface area (Å²) >= 11 is 11.7. The molecule has 0 radical (unpaired) electrons. The van der Waals surface area contributed by atoms with E-state index in [2.05, 4.69) is 5.32 Å². The summed E-state index contributed by atoms with van der Waals surface area (Å²) in [5.41, 5.74) is 0.358. The van der Waals surface area contributed by atoms with Crippen molar-refractivity contribution < 1.29 is 18.4 Å².